The van der Waals surface area contributed by atoms with E-state index in [1.165, 1.54) is 11.8 Å². The van der Waals surface area contributed by atoms with Crippen molar-refractivity contribution in [2.45, 2.75) is 24.9 Å². The first-order valence-corrected chi connectivity index (χ1v) is 9.55. The Labute approximate surface area is 151 Å². The average Bonchev–Trinajstić information content (AvgIpc) is 2.60. The zero-order valence-corrected chi connectivity index (χ0v) is 15.1. The van der Waals surface area contributed by atoms with Gasteiger partial charge in [-0.25, -0.2) is 0 Å². The van der Waals surface area contributed by atoms with E-state index in [0.29, 0.717) is 19.6 Å². The van der Waals surface area contributed by atoms with Crippen LogP contribution in [0.3, 0.4) is 0 Å². The fourth-order valence-electron chi connectivity index (χ4n) is 2.94. The molecule has 2 aliphatic rings. The first-order chi connectivity index (χ1) is 12.1. The SMILES string of the molecule is CC1CC(=O)NC(SCC(=O)Nc2ccccc2N2CCOCC2)N1. The summed E-state index contributed by atoms with van der Waals surface area (Å²) in [6.45, 7) is 4.99. The molecule has 1 aromatic carbocycles. The summed E-state index contributed by atoms with van der Waals surface area (Å²) in [6, 6.07) is 7.93. The topological polar surface area (TPSA) is 82.7 Å². The van der Waals surface area contributed by atoms with Crippen LogP contribution in [0.1, 0.15) is 13.3 Å². The summed E-state index contributed by atoms with van der Waals surface area (Å²) in [7, 11) is 0. The molecule has 7 nitrogen and oxygen atoms in total. The van der Waals surface area contributed by atoms with Gasteiger partial charge >= 0.3 is 0 Å². The van der Waals surface area contributed by atoms with Crippen LogP contribution in [0, 0.1) is 0 Å². The minimum Gasteiger partial charge on any atom is -0.378 e. The molecule has 2 fully saturated rings. The van der Waals surface area contributed by atoms with Gasteiger partial charge in [-0.05, 0) is 19.1 Å². The van der Waals surface area contributed by atoms with Crippen molar-refractivity contribution in [1.29, 1.82) is 0 Å². The molecule has 136 valence electrons. The number of anilines is 2. The number of para-hydroxylation sites is 2. The fourth-order valence-corrected chi connectivity index (χ4v) is 3.87. The highest BCUT2D eigenvalue weighted by atomic mass is 32.2. The van der Waals surface area contributed by atoms with Crippen LogP contribution in [-0.2, 0) is 14.3 Å². The van der Waals surface area contributed by atoms with Crippen LogP contribution < -0.4 is 20.9 Å². The number of carbonyl (C=O) groups excluding carboxylic acids is 2. The van der Waals surface area contributed by atoms with Gasteiger partial charge in [-0.3, -0.25) is 14.9 Å². The highest BCUT2D eigenvalue weighted by molar-refractivity contribution is 8.00. The second-order valence-corrected chi connectivity index (χ2v) is 7.29. The Morgan fingerprint density at radius 1 is 1.36 bits per heavy atom. The van der Waals surface area contributed by atoms with Crippen molar-refractivity contribution in [2.24, 2.45) is 0 Å². The maximum Gasteiger partial charge on any atom is 0.234 e. The summed E-state index contributed by atoms with van der Waals surface area (Å²) in [5, 5.41) is 9.08. The second-order valence-electron chi connectivity index (χ2n) is 6.20. The lowest BCUT2D eigenvalue weighted by Crippen LogP contribution is -2.53. The lowest BCUT2D eigenvalue weighted by atomic mass is 10.2. The second kappa shape index (κ2) is 8.55. The zero-order valence-electron chi connectivity index (χ0n) is 14.3. The molecule has 0 aromatic heterocycles. The maximum absolute atomic E-state index is 12.3. The van der Waals surface area contributed by atoms with Gasteiger partial charge in [-0.1, -0.05) is 12.1 Å². The van der Waals surface area contributed by atoms with Gasteiger partial charge in [0.2, 0.25) is 11.8 Å². The van der Waals surface area contributed by atoms with Gasteiger partial charge in [0.05, 0.1) is 30.3 Å². The van der Waals surface area contributed by atoms with Crippen LogP contribution in [0.5, 0.6) is 0 Å². The van der Waals surface area contributed by atoms with E-state index in [1.807, 2.05) is 31.2 Å². The Bertz CT molecular complexity index is 622. The lowest BCUT2D eigenvalue weighted by molar-refractivity contribution is -0.123. The number of morpholine rings is 1. The van der Waals surface area contributed by atoms with Crippen LogP contribution in [0.4, 0.5) is 11.4 Å². The largest absolute Gasteiger partial charge is 0.378 e. The number of rotatable bonds is 5. The Balaban J connectivity index is 1.55. The van der Waals surface area contributed by atoms with Crippen LogP contribution in [0.2, 0.25) is 0 Å². The van der Waals surface area contributed by atoms with Crippen molar-refractivity contribution in [2.75, 3.05) is 42.3 Å². The monoisotopic (exact) mass is 364 g/mol. The summed E-state index contributed by atoms with van der Waals surface area (Å²) in [4.78, 5) is 26.1. The number of ether oxygens (including phenoxy) is 1. The number of thioether (sulfide) groups is 1. The van der Waals surface area contributed by atoms with E-state index in [-0.39, 0.29) is 29.1 Å². The van der Waals surface area contributed by atoms with Crippen LogP contribution in [0.15, 0.2) is 24.3 Å². The number of nitrogens with one attached hydrogen (secondary N) is 3. The van der Waals surface area contributed by atoms with E-state index in [4.69, 9.17) is 4.74 Å². The minimum absolute atomic E-state index is 0.0156. The van der Waals surface area contributed by atoms with E-state index in [0.717, 1.165) is 24.5 Å². The molecule has 0 spiro atoms. The lowest BCUT2D eigenvalue weighted by Gasteiger charge is -2.30. The summed E-state index contributed by atoms with van der Waals surface area (Å²) < 4.78 is 5.39. The molecular formula is C17H24N4O3S. The van der Waals surface area contributed by atoms with Gasteiger partial charge in [0.25, 0.3) is 0 Å². The number of carbonyl (C=O) groups is 2. The smallest absolute Gasteiger partial charge is 0.234 e. The van der Waals surface area contributed by atoms with E-state index < -0.39 is 0 Å². The third-order valence-corrected chi connectivity index (χ3v) is 5.15. The van der Waals surface area contributed by atoms with Crippen molar-refractivity contribution in [3.63, 3.8) is 0 Å². The van der Waals surface area contributed by atoms with Crippen molar-refractivity contribution in [3.8, 4) is 0 Å². The maximum atomic E-state index is 12.3. The van der Waals surface area contributed by atoms with Gasteiger partial charge in [0.1, 0.15) is 5.50 Å². The highest BCUT2D eigenvalue weighted by Crippen LogP contribution is 2.26. The van der Waals surface area contributed by atoms with Crippen LogP contribution in [-0.4, -0.2) is 55.4 Å². The third kappa shape index (κ3) is 5.10. The molecule has 2 amide bonds. The average molecular weight is 364 g/mol. The molecule has 2 heterocycles. The van der Waals surface area contributed by atoms with Gasteiger partial charge in [-0.2, -0.15) is 0 Å². The minimum atomic E-state index is -0.225. The number of hydrogen-bond donors (Lipinski definition) is 3. The van der Waals surface area contributed by atoms with Crippen molar-refractivity contribution in [3.05, 3.63) is 24.3 Å². The van der Waals surface area contributed by atoms with Crippen LogP contribution >= 0.6 is 11.8 Å². The van der Waals surface area contributed by atoms with E-state index in [9.17, 15) is 9.59 Å². The molecule has 3 rings (SSSR count). The zero-order chi connectivity index (χ0) is 17.6. The van der Waals surface area contributed by atoms with E-state index >= 15 is 0 Å². The molecule has 8 heteroatoms. The van der Waals surface area contributed by atoms with Gasteiger partial charge in [0.15, 0.2) is 0 Å². The molecule has 2 saturated heterocycles. The molecule has 2 unspecified atom stereocenters. The molecule has 0 bridgehead atoms. The van der Waals surface area contributed by atoms with Gasteiger partial charge in [0, 0.05) is 25.6 Å². The quantitative estimate of drug-likeness (QED) is 0.722. The molecule has 1 aromatic rings. The van der Waals surface area contributed by atoms with Crippen molar-refractivity contribution in [1.82, 2.24) is 10.6 Å². The van der Waals surface area contributed by atoms with Crippen molar-refractivity contribution < 1.29 is 14.3 Å². The number of hydrogen-bond acceptors (Lipinski definition) is 6. The molecule has 25 heavy (non-hydrogen) atoms. The predicted molar refractivity (Wildman–Crippen MR) is 99.7 cm³/mol. The first kappa shape index (κ1) is 18.0. The van der Waals surface area contributed by atoms with Gasteiger partial charge < -0.3 is 20.3 Å². The standard InChI is InChI=1S/C17H24N4O3S/c1-12-10-15(22)20-17(18-12)25-11-16(23)19-13-4-2-3-5-14(13)21-6-8-24-9-7-21/h2-5,12,17-18H,6-11H2,1H3,(H,19,23)(H,20,22). The Kier molecular flexibility index (Phi) is 6.17. The van der Waals surface area contributed by atoms with Crippen molar-refractivity contribution >= 4 is 35.0 Å². The number of benzene rings is 1. The number of amides is 2. The van der Waals surface area contributed by atoms with E-state index in [2.05, 4.69) is 20.9 Å². The summed E-state index contributed by atoms with van der Waals surface area (Å²) in [5.41, 5.74) is 1.60. The Hall–Kier alpha value is -1.77. The molecule has 0 aliphatic carbocycles. The fraction of sp³-hybridized carbons (Fsp3) is 0.529. The molecule has 3 N–H and O–H groups in total. The number of nitrogens with zero attached hydrogens (tertiary/aromatic N) is 1. The van der Waals surface area contributed by atoms with E-state index in [1.54, 1.807) is 0 Å². The normalized spacial score (nSPS) is 23.9. The molecule has 2 atom stereocenters. The Morgan fingerprint density at radius 3 is 2.88 bits per heavy atom. The van der Waals surface area contributed by atoms with Gasteiger partial charge in [-0.15, -0.1) is 11.8 Å². The molecule has 0 radical (unpaired) electrons. The molecular weight excluding hydrogens is 340 g/mol. The predicted octanol–water partition coefficient (Wildman–Crippen LogP) is 0.976. The third-order valence-electron chi connectivity index (χ3n) is 4.13. The first-order valence-electron chi connectivity index (χ1n) is 8.50. The summed E-state index contributed by atoms with van der Waals surface area (Å²) >= 11 is 1.38. The summed E-state index contributed by atoms with van der Waals surface area (Å²) in [6.07, 6.45) is 0.468. The molecule has 0 saturated carbocycles. The van der Waals surface area contributed by atoms with Crippen LogP contribution in [0.25, 0.3) is 0 Å². The Morgan fingerprint density at radius 2 is 2.12 bits per heavy atom. The highest BCUT2D eigenvalue weighted by Gasteiger charge is 2.23. The molecule has 2 aliphatic heterocycles. The summed E-state index contributed by atoms with van der Waals surface area (Å²) in [5.74, 6) is 0.198.